The highest BCUT2D eigenvalue weighted by atomic mass is 35.5. The quantitative estimate of drug-likeness (QED) is 0.0335. The van der Waals surface area contributed by atoms with Crippen molar-refractivity contribution in [1.29, 1.82) is 0 Å². The molecule has 2 aromatic heterocycles. The van der Waals surface area contributed by atoms with E-state index >= 15 is 0 Å². The first-order valence-corrected chi connectivity index (χ1v) is 32.4. The molecule has 6 aromatic rings. The number of nitro groups is 1. The van der Waals surface area contributed by atoms with Gasteiger partial charge in [0.1, 0.15) is 41.2 Å². The SMILES string of the molecule is CC1(C)CCC(CN2CCN(c3ccc(C(=O)NS(=O)(=O)c4ccc(NC[C@H]5CC[C@@H](N6CCN(CCOc7cccc8c7CN(C7CCC(=O)NC7=O)C8=O)CC6)CC5)c([N+](=O)[O-])c4)c(Oc4cnc5[nH]ccc5c4)c3)CC2)=C(c2ccc(Cl)cc2)C1. The van der Waals surface area contributed by atoms with Crippen molar-refractivity contribution in [3.8, 4) is 17.2 Å². The Labute approximate surface area is 516 Å². The van der Waals surface area contributed by atoms with Crippen LogP contribution in [0.1, 0.15) is 103 Å². The van der Waals surface area contributed by atoms with Crippen molar-refractivity contribution in [2.75, 3.05) is 88.8 Å². The molecule has 6 aliphatic rings. The summed E-state index contributed by atoms with van der Waals surface area (Å²) >= 11 is 6.28. The van der Waals surface area contributed by atoms with Crippen LogP contribution in [0.15, 0.2) is 114 Å². The van der Waals surface area contributed by atoms with E-state index in [4.69, 9.17) is 21.1 Å². The number of halogens is 1. The first-order chi connectivity index (χ1) is 42.4. The van der Waals surface area contributed by atoms with Crippen molar-refractivity contribution in [2.24, 2.45) is 11.3 Å². The van der Waals surface area contributed by atoms with Crippen molar-refractivity contribution in [3.63, 3.8) is 0 Å². The number of carbonyl (C=O) groups is 4. The number of ether oxygens (including phenoxy) is 2. The Kier molecular flexibility index (Phi) is 17.6. The second-order valence-corrected chi connectivity index (χ2v) is 27.0. The van der Waals surface area contributed by atoms with Crippen molar-refractivity contribution < 1.29 is 42.0 Å². The average Bonchev–Trinajstić information content (AvgIpc) is 2.66. The van der Waals surface area contributed by atoms with Crippen LogP contribution in [-0.2, 0) is 26.2 Å². The van der Waals surface area contributed by atoms with Crippen LogP contribution >= 0.6 is 11.6 Å². The normalized spacial score (nSPS) is 21.3. The zero-order valence-corrected chi connectivity index (χ0v) is 51.2. The molecule has 462 valence electrons. The molecule has 0 radical (unpaired) electrons. The van der Waals surface area contributed by atoms with E-state index in [1.54, 1.807) is 42.6 Å². The fourth-order valence-corrected chi connectivity index (χ4v) is 14.6. The van der Waals surface area contributed by atoms with Crippen molar-refractivity contribution in [1.82, 2.24) is 39.6 Å². The first kappa shape index (κ1) is 60.4. The molecule has 1 unspecified atom stereocenters. The third-order valence-corrected chi connectivity index (χ3v) is 20.2. The number of amides is 4. The van der Waals surface area contributed by atoms with E-state index < -0.39 is 43.4 Å². The molecule has 1 atom stereocenters. The number of nitrogens with one attached hydrogen (secondary N) is 4. The Hall–Kier alpha value is -7.89. The maximum Gasteiger partial charge on any atom is 0.293 e. The number of nitro benzene ring substituents is 1. The number of imide groups is 1. The second-order valence-electron chi connectivity index (χ2n) is 24.9. The van der Waals surface area contributed by atoms with E-state index in [0.717, 1.165) is 125 Å². The minimum absolute atomic E-state index is 0.0509. The fraction of sp³-hybridized carbons (Fsp3) is 0.431. The molecule has 0 bridgehead atoms. The number of sulfonamides is 1. The topological polar surface area (TPSA) is 245 Å². The third kappa shape index (κ3) is 13.6. The highest BCUT2D eigenvalue weighted by Gasteiger charge is 2.41. The van der Waals surface area contributed by atoms with Gasteiger partial charge in [-0.2, -0.15) is 0 Å². The van der Waals surface area contributed by atoms with E-state index in [1.807, 2.05) is 24.3 Å². The van der Waals surface area contributed by atoms with E-state index in [1.165, 1.54) is 39.9 Å². The van der Waals surface area contributed by atoms with Crippen LogP contribution in [0, 0.1) is 21.4 Å². The number of fused-ring (bicyclic) bond motifs is 2. The molecule has 4 aliphatic heterocycles. The summed E-state index contributed by atoms with van der Waals surface area (Å²) in [6, 6.07) is 25.6. The summed E-state index contributed by atoms with van der Waals surface area (Å²) in [5.41, 5.74) is 6.73. The Morgan fingerprint density at radius 1 is 0.864 bits per heavy atom. The Balaban J connectivity index is 0.632. The van der Waals surface area contributed by atoms with Crippen molar-refractivity contribution >= 4 is 78.9 Å². The van der Waals surface area contributed by atoms with E-state index in [0.29, 0.717) is 61.4 Å². The number of H-pyrrole nitrogens is 1. The van der Waals surface area contributed by atoms with Crippen LogP contribution in [0.25, 0.3) is 16.6 Å². The van der Waals surface area contributed by atoms with Gasteiger partial charge in [-0.25, -0.2) is 18.1 Å². The zero-order chi connectivity index (χ0) is 61.3. The number of benzene rings is 4. The predicted octanol–water partition coefficient (Wildman–Crippen LogP) is 9.25. The van der Waals surface area contributed by atoms with Gasteiger partial charge in [0.25, 0.3) is 27.5 Å². The molecule has 12 rings (SSSR count). The predicted molar refractivity (Wildman–Crippen MR) is 335 cm³/mol. The molecule has 3 saturated heterocycles. The number of piperidine rings is 1. The second kappa shape index (κ2) is 25.7. The number of piperazine rings is 2. The number of carbonyl (C=O) groups excluding carboxylic acids is 4. The van der Waals surface area contributed by atoms with Gasteiger partial charge in [0.05, 0.1) is 28.1 Å². The zero-order valence-electron chi connectivity index (χ0n) is 49.6. The summed E-state index contributed by atoms with van der Waals surface area (Å²) in [4.78, 5) is 81.9. The molecule has 0 spiro atoms. The number of aromatic nitrogens is 2. The molecule has 23 heteroatoms. The van der Waals surface area contributed by atoms with Crippen molar-refractivity contribution in [2.45, 2.75) is 95.2 Å². The van der Waals surface area contributed by atoms with E-state index in [2.05, 4.69) is 70.9 Å². The Morgan fingerprint density at radius 3 is 2.40 bits per heavy atom. The summed E-state index contributed by atoms with van der Waals surface area (Å²) in [7, 11) is -4.63. The minimum Gasteiger partial charge on any atom is -0.492 e. The number of allylic oxidation sites excluding steroid dienone is 1. The van der Waals surface area contributed by atoms with Gasteiger partial charge in [0.15, 0.2) is 0 Å². The van der Waals surface area contributed by atoms with Gasteiger partial charge in [-0.15, -0.1) is 0 Å². The van der Waals surface area contributed by atoms with Crippen LogP contribution < -0.4 is 29.7 Å². The van der Waals surface area contributed by atoms with Crippen LogP contribution in [0.2, 0.25) is 5.02 Å². The number of hydrogen-bond acceptors (Lipinski definition) is 16. The lowest BCUT2D eigenvalue weighted by molar-refractivity contribution is -0.384. The highest BCUT2D eigenvalue weighted by Crippen LogP contribution is 2.44. The summed E-state index contributed by atoms with van der Waals surface area (Å²) in [6.07, 6.45) is 10.8. The largest absolute Gasteiger partial charge is 0.492 e. The lowest BCUT2D eigenvalue weighted by atomic mass is 9.72. The molecule has 2 aliphatic carbocycles. The fourth-order valence-electron chi connectivity index (χ4n) is 13.5. The van der Waals surface area contributed by atoms with Gasteiger partial charge < -0.3 is 29.6 Å². The summed E-state index contributed by atoms with van der Waals surface area (Å²) < 4.78 is 42.8. The monoisotopic (exact) mass is 1240 g/mol. The van der Waals surface area contributed by atoms with Gasteiger partial charge >= 0.3 is 0 Å². The van der Waals surface area contributed by atoms with Crippen molar-refractivity contribution in [3.05, 3.63) is 146 Å². The lowest BCUT2D eigenvalue weighted by Crippen LogP contribution is -2.52. The van der Waals surface area contributed by atoms with E-state index in [9.17, 15) is 37.7 Å². The number of anilines is 2. The van der Waals surface area contributed by atoms with E-state index in [-0.39, 0.29) is 53.1 Å². The van der Waals surface area contributed by atoms with Gasteiger partial charge in [-0.3, -0.25) is 49.3 Å². The van der Waals surface area contributed by atoms with Crippen LogP contribution in [0.3, 0.4) is 0 Å². The number of pyridine rings is 1. The molecular formula is C65H74ClN11O10S. The number of rotatable bonds is 19. The summed E-state index contributed by atoms with van der Waals surface area (Å²) in [5.74, 6) is -0.628. The standard InChI is InChI=1S/C65H74ClN11O10S/c1-65(2)22-20-45(53(37-65)43-8-10-46(66)11-9-43)40-73-26-30-75(31-27-73)48-14-16-52(59(35-48)87-49-34-44-21-23-67-61(44)69-39-49)62(79)71-88(84,85)50-15-17-55(57(36-50)77(82)83)68-38-42-6-12-47(13-7-42)74-28-24-72(25-29-74)32-33-86-58-5-3-4-51-54(58)41-76(64(51)81)56-18-19-60(78)70-63(56)80/h3-5,8-11,14-17,21,23,34-36,39,42,47,56,68H,6-7,12-13,18-20,22,24-33,37-38,40-41H2,1-2H3,(H,67,69)(H,71,79)(H,70,78,80)/t42-,47+,56?. The lowest BCUT2D eigenvalue weighted by Gasteiger charge is -2.42. The minimum atomic E-state index is -4.63. The molecule has 6 heterocycles. The first-order valence-electron chi connectivity index (χ1n) is 30.5. The number of aromatic amines is 1. The molecule has 4 fully saturated rings. The molecule has 21 nitrogen and oxygen atoms in total. The Bertz CT molecular complexity index is 3790. The average molecular weight is 1240 g/mol. The van der Waals surface area contributed by atoms with Crippen LogP contribution in [0.4, 0.5) is 17.1 Å². The third-order valence-electron chi connectivity index (χ3n) is 18.6. The van der Waals surface area contributed by atoms with Gasteiger partial charge in [0.2, 0.25) is 11.8 Å². The van der Waals surface area contributed by atoms with Gasteiger partial charge in [0, 0.05) is 130 Å². The maximum atomic E-state index is 14.2. The molecular weight excluding hydrogens is 1160 g/mol. The molecule has 1 saturated carbocycles. The van der Waals surface area contributed by atoms with Crippen LogP contribution in [-0.4, -0.2) is 157 Å². The van der Waals surface area contributed by atoms with Gasteiger partial charge in [-0.1, -0.05) is 49.2 Å². The summed E-state index contributed by atoms with van der Waals surface area (Å²) in [5, 5.41) is 19.6. The highest BCUT2D eigenvalue weighted by molar-refractivity contribution is 7.90. The smallest absolute Gasteiger partial charge is 0.293 e. The molecule has 4 aromatic carbocycles. The molecule has 4 amide bonds. The van der Waals surface area contributed by atoms with Gasteiger partial charge in [-0.05, 0) is 134 Å². The number of hydrogen-bond donors (Lipinski definition) is 4. The Morgan fingerprint density at radius 2 is 1.64 bits per heavy atom. The van der Waals surface area contributed by atoms with Crippen LogP contribution in [0.5, 0.6) is 17.2 Å². The summed E-state index contributed by atoms with van der Waals surface area (Å²) in [6.45, 7) is 14.1. The molecule has 4 N–H and O–H groups in total. The molecule has 88 heavy (non-hydrogen) atoms. The maximum absolute atomic E-state index is 14.2. The number of nitrogens with zero attached hydrogens (tertiary/aromatic N) is 7.